The molecule has 2 saturated carbocycles. The summed E-state index contributed by atoms with van der Waals surface area (Å²) in [7, 11) is -14.5. The highest BCUT2D eigenvalue weighted by Crippen LogP contribution is 2.26. The highest BCUT2D eigenvalue weighted by atomic mass is 32.2. The molecule has 12 nitrogen and oxygen atoms in total. The highest BCUT2D eigenvalue weighted by molar-refractivity contribution is 7.92. The van der Waals surface area contributed by atoms with Gasteiger partial charge in [0.1, 0.15) is 0 Å². The third-order valence-corrected chi connectivity index (χ3v) is 13.6. The lowest BCUT2D eigenvalue weighted by atomic mass is 10.0. The van der Waals surface area contributed by atoms with Gasteiger partial charge >= 0.3 is 0 Å². The molecule has 2 aliphatic rings. The summed E-state index contributed by atoms with van der Waals surface area (Å²) in [5.41, 5.74) is 0. The molecule has 0 aromatic heterocycles. The summed E-state index contributed by atoms with van der Waals surface area (Å²) in [6.45, 7) is 0. The van der Waals surface area contributed by atoms with Crippen molar-refractivity contribution < 1.29 is 33.7 Å². The van der Waals surface area contributed by atoms with E-state index in [9.17, 15) is 33.7 Å². The van der Waals surface area contributed by atoms with E-state index in [0.29, 0.717) is 38.5 Å². The Morgan fingerprint density at radius 2 is 0.725 bits per heavy atom. The van der Waals surface area contributed by atoms with Gasteiger partial charge in [-0.2, -0.15) is 10.2 Å². The molecule has 0 aliphatic heterocycles. The number of unbranched alkanes of at least 4 members (excludes halogenated alkanes) is 7. The minimum Gasteiger partial charge on any atom is -0.227 e. The number of sulfonamides is 2. The Morgan fingerprint density at radius 3 is 1.05 bits per heavy atom. The van der Waals surface area contributed by atoms with Gasteiger partial charge in [-0.25, -0.2) is 33.7 Å². The normalized spacial score (nSPS) is 19.1. The van der Waals surface area contributed by atoms with Crippen molar-refractivity contribution in [3.63, 3.8) is 0 Å². The van der Waals surface area contributed by atoms with Gasteiger partial charge in [0.25, 0.3) is 20.0 Å². The van der Waals surface area contributed by atoms with Crippen LogP contribution >= 0.6 is 0 Å². The van der Waals surface area contributed by atoms with Gasteiger partial charge in [-0.3, -0.25) is 0 Å². The summed E-state index contributed by atoms with van der Waals surface area (Å²) >= 11 is 0. The van der Waals surface area contributed by atoms with Gasteiger partial charge in [0.2, 0.25) is 0 Å². The molecule has 0 saturated heterocycles. The molecule has 0 radical (unpaired) electrons. The van der Waals surface area contributed by atoms with Gasteiger partial charge in [-0.15, -0.1) is 0 Å². The zero-order valence-electron chi connectivity index (χ0n) is 23.4. The topological polar surface area (TPSA) is 186 Å². The first-order valence-corrected chi connectivity index (χ1v) is 21.1. The van der Waals surface area contributed by atoms with Crippen LogP contribution in [0.3, 0.4) is 0 Å². The lowest BCUT2D eigenvalue weighted by Crippen LogP contribution is -2.22. The molecule has 0 amide bonds. The molecule has 2 rings (SSSR count). The Balaban J connectivity index is 1.51. The summed E-state index contributed by atoms with van der Waals surface area (Å²) in [4.78, 5) is 0. The lowest BCUT2D eigenvalue weighted by molar-refractivity contribution is 0.483. The van der Waals surface area contributed by atoms with Crippen LogP contribution < -0.4 is 0 Å². The molecule has 0 heterocycles. The van der Waals surface area contributed by atoms with E-state index in [4.69, 9.17) is 0 Å². The third-order valence-electron chi connectivity index (χ3n) is 7.46. The average Bonchev–Trinajstić information content (AvgIpc) is 2.90. The van der Waals surface area contributed by atoms with Gasteiger partial charge in [-0.1, -0.05) is 86.1 Å². The molecule has 234 valence electrons. The maximum atomic E-state index is 12.2. The molecule has 0 N–H and O–H groups in total. The smallest absolute Gasteiger partial charge is 0.227 e. The zero-order chi connectivity index (χ0) is 29.5. The fraction of sp³-hybridized carbons (Fsp3) is 1.00. The maximum Gasteiger partial charge on any atom is 0.273 e. The van der Waals surface area contributed by atoms with Crippen LogP contribution in [0.1, 0.15) is 116 Å². The average molecular weight is 647 g/mol. The molecule has 40 heavy (non-hydrogen) atoms. The van der Waals surface area contributed by atoms with Crippen molar-refractivity contribution in [2.75, 3.05) is 23.3 Å². The number of hydrogen-bond donors (Lipinski definition) is 0. The van der Waals surface area contributed by atoms with Crippen LogP contribution in [-0.2, 0) is 39.7 Å². The third kappa shape index (κ3) is 14.3. The van der Waals surface area contributed by atoms with Crippen molar-refractivity contribution in [2.24, 2.45) is 19.3 Å². The van der Waals surface area contributed by atoms with E-state index in [-0.39, 0.29) is 11.5 Å². The predicted molar refractivity (Wildman–Crippen MR) is 156 cm³/mol. The predicted octanol–water partition coefficient (Wildman–Crippen LogP) is 5.08. The Hall–Kier alpha value is -1.00. The highest BCUT2D eigenvalue weighted by Gasteiger charge is 2.28. The summed E-state index contributed by atoms with van der Waals surface area (Å²) in [5.74, 6) is -1.35. The van der Waals surface area contributed by atoms with Crippen molar-refractivity contribution in [3.8, 4) is 0 Å². The van der Waals surface area contributed by atoms with Crippen LogP contribution in [0.25, 0.3) is 0 Å². The molecule has 0 aromatic carbocycles. The van der Waals surface area contributed by atoms with Crippen LogP contribution in [0.2, 0.25) is 0 Å². The Bertz CT molecular complexity index is 1140. The molecule has 0 bridgehead atoms. The van der Waals surface area contributed by atoms with E-state index in [1.807, 2.05) is 0 Å². The number of sulfone groups is 2. The zero-order valence-corrected chi connectivity index (χ0v) is 26.7. The van der Waals surface area contributed by atoms with Crippen LogP contribution in [0, 0.1) is 0 Å². The summed E-state index contributed by atoms with van der Waals surface area (Å²) in [5, 5.41) is 5.86. The van der Waals surface area contributed by atoms with Gasteiger partial charge in [0.15, 0.2) is 31.4 Å². The van der Waals surface area contributed by atoms with Crippen molar-refractivity contribution in [3.05, 3.63) is 0 Å². The van der Waals surface area contributed by atoms with Crippen molar-refractivity contribution in [1.82, 2.24) is 0 Å². The minimum absolute atomic E-state index is 0.0628. The Labute approximate surface area is 241 Å². The van der Waals surface area contributed by atoms with Crippen molar-refractivity contribution in [2.45, 2.75) is 126 Å². The van der Waals surface area contributed by atoms with Gasteiger partial charge in [-0.05, 0) is 38.5 Å². The van der Waals surface area contributed by atoms with Gasteiger partial charge in [0, 0.05) is 0 Å². The van der Waals surface area contributed by atoms with Gasteiger partial charge < -0.3 is 0 Å². The molecule has 16 heteroatoms. The van der Waals surface area contributed by atoms with E-state index >= 15 is 0 Å². The fourth-order valence-electron chi connectivity index (χ4n) is 5.08. The van der Waals surface area contributed by atoms with E-state index in [1.54, 1.807) is 0 Å². The summed E-state index contributed by atoms with van der Waals surface area (Å²) < 4.78 is 104. The standard InChI is InChI=1S/C24H46N4O8S4/c29-37(30,21-25-27-39(33,34)23-15-9-7-10-16-23)19-13-5-3-1-2-4-6-14-20-38(31,32)22-26-28-40(35,36)24-17-11-8-12-18-24/h23-24H,1-22H2. The van der Waals surface area contributed by atoms with Crippen LogP contribution in [0.15, 0.2) is 19.3 Å². The van der Waals surface area contributed by atoms with Gasteiger partial charge in [0.05, 0.1) is 22.0 Å². The molecule has 2 aliphatic carbocycles. The molecule has 2 fully saturated rings. The van der Waals surface area contributed by atoms with E-state index in [0.717, 1.165) is 77.0 Å². The molecule has 0 aromatic rings. The number of hydrogen-bond acceptors (Lipinski definition) is 10. The summed E-state index contributed by atoms with van der Waals surface area (Å²) in [6.07, 6.45) is 13.4. The largest absolute Gasteiger partial charge is 0.273 e. The van der Waals surface area contributed by atoms with E-state index in [2.05, 4.69) is 19.3 Å². The molecular formula is C24H46N4O8S4. The first-order chi connectivity index (χ1) is 18.8. The SMILES string of the molecule is O=S(=O)(CCCCCCCCCCS(=O)(=O)CN=NS(=O)(=O)C1CCCCC1)CN=NS(=O)(=O)C1CCCCC1. The Kier molecular flexibility index (Phi) is 15.1. The number of rotatable bonds is 19. The fourth-order valence-corrected chi connectivity index (χ4v) is 9.80. The maximum absolute atomic E-state index is 12.2. The van der Waals surface area contributed by atoms with E-state index in [1.165, 1.54) is 0 Å². The van der Waals surface area contributed by atoms with E-state index < -0.39 is 62.0 Å². The molecule has 0 spiro atoms. The second-order valence-corrected chi connectivity index (χ2v) is 19.0. The first kappa shape index (κ1) is 35.2. The van der Waals surface area contributed by atoms with Crippen molar-refractivity contribution >= 4 is 39.7 Å². The second kappa shape index (κ2) is 17.2. The monoisotopic (exact) mass is 646 g/mol. The number of nitrogens with zero attached hydrogens (tertiary/aromatic N) is 4. The minimum atomic E-state index is -3.74. The Morgan fingerprint density at radius 1 is 0.425 bits per heavy atom. The van der Waals surface area contributed by atoms with Crippen molar-refractivity contribution in [1.29, 1.82) is 0 Å². The molecule has 0 unspecified atom stereocenters. The molecular weight excluding hydrogens is 601 g/mol. The van der Waals surface area contributed by atoms with Crippen LogP contribution in [0.5, 0.6) is 0 Å². The first-order valence-electron chi connectivity index (χ1n) is 14.5. The molecule has 0 atom stereocenters. The second-order valence-electron chi connectivity index (χ2n) is 11.0. The summed E-state index contributed by atoms with van der Waals surface area (Å²) in [6, 6.07) is 0. The quantitative estimate of drug-likeness (QED) is 0.137. The lowest BCUT2D eigenvalue weighted by Gasteiger charge is -2.18. The van der Waals surface area contributed by atoms with Crippen LogP contribution in [0.4, 0.5) is 0 Å². The van der Waals surface area contributed by atoms with Crippen LogP contribution in [-0.4, -0.2) is 67.4 Å².